The third-order valence-corrected chi connectivity index (χ3v) is 3.24. The molecule has 3 heteroatoms. The smallest absolute Gasteiger partial charge is 0.264 e. The molecule has 2 saturated carbocycles. The van der Waals surface area contributed by atoms with Crippen molar-refractivity contribution in [2.24, 2.45) is 5.41 Å². The van der Waals surface area contributed by atoms with Crippen molar-refractivity contribution in [1.29, 1.82) is 0 Å². The van der Waals surface area contributed by atoms with Gasteiger partial charge in [0, 0.05) is 12.8 Å². The lowest BCUT2D eigenvalue weighted by Gasteiger charge is -2.30. The van der Waals surface area contributed by atoms with E-state index in [1.807, 2.05) is 0 Å². The normalized spacial score (nSPS) is 27.2. The van der Waals surface area contributed by atoms with Gasteiger partial charge < -0.3 is 0 Å². The van der Waals surface area contributed by atoms with Crippen molar-refractivity contribution in [3.63, 3.8) is 0 Å². The zero-order valence-electron chi connectivity index (χ0n) is 7.47. The fourth-order valence-corrected chi connectivity index (χ4v) is 2.54. The predicted molar refractivity (Wildman–Crippen MR) is 45.2 cm³/mol. The van der Waals surface area contributed by atoms with Crippen molar-refractivity contribution in [3.8, 4) is 0 Å². The van der Waals surface area contributed by atoms with Gasteiger partial charge >= 0.3 is 0 Å². The van der Waals surface area contributed by atoms with Gasteiger partial charge in [-0.05, 0) is 18.3 Å². The first-order valence-electron chi connectivity index (χ1n) is 4.73. The van der Waals surface area contributed by atoms with Gasteiger partial charge in [-0.15, -0.1) is 0 Å². The third-order valence-electron chi connectivity index (χ3n) is 3.24. The molecule has 0 N–H and O–H groups in total. The molecule has 0 bridgehead atoms. The average Bonchev–Trinajstić information content (AvgIpc) is 2.49. The van der Waals surface area contributed by atoms with Crippen molar-refractivity contribution >= 4 is 17.3 Å². The lowest BCUT2D eigenvalue weighted by molar-refractivity contribution is -0.149. The van der Waals surface area contributed by atoms with Gasteiger partial charge in [-0.1, -0.05) is 12.8 Å². The van der Waals surface area contributed by atoms with Crippen LogP contribution in [0.5, 0.6) is 0 Å². The van der Waals surface area contributed by atoms with E-state index in [4.69, 9.17) is 0 Å². The summed E-state index contributed by atoms with van der Waals surface area (Å²) in [6.45, 7) is 0. The molecule has 0 saturated heterocycles. The SMILES string of the molecule is O=C1CC2(CCCC2)CC(=O)C1=O. The quantitative estimate of drug-likeness (QED) is 0.523. The maximum Gasteiger partial charge on any atom is 0.264 e. The molecule has 0 unspecified atom stereocenters. The lowest BCUT2D eigenvalue weighted by Crippen LogP contribution is -2.39. The first-order chi connectivity index (χ1) is 6.13. The maximum absolute atomic E-state index is 11.2. The second-order valence-electron chi connectivity index (χ2n) is 4.24. The number of rotatable bonds is 0. The first-order valence-corrected chi connectivity index (χ1v) is 4.73. The minimum Gasteiger partial charge on any atom is -0.290 e. The third kappa shape index (κ3) is 1.32. The van der Waals surface area contributed by atoms with Crippen LogP contribution in [-0.4, -0.2) is 17.3 Å². The molecule has 70 valence electrons. The average molecular weight is 180 g/mol. The minimum absolute atomic E-state index is 0.123. The number of Topliss-reactive ketones (excluding diaryl/α,β-unsaturated/α-hetero) is 3. The molecule has 0 amide bonds. The summed E-state index contributed by atoms with van der Waals surface area (Å²) in [5, 5.41) is 0. The molecule has 2 aliphatic rings. The number of ketones is 3. The Hall–Kier alpha value is -0.990. The monoisotopic (exact) mass is 180 g/mol. The summed E-state index contributed by atoms with van der Waals surface area (Å²) in [7, 11) is 0. The second-order valence-corrected chi connectivity index (χ2v) is 4.24. The summed E-state index contributed by atoms with van der Waals surface area (Å²) >= 11 is 0. The van der Waals surface area contributed by atoms with E-state index in [1.165, 1.54) is 0 Å². The fourth-order valence-electron chi connectivity index (χ4n) is 2.54. The van der Waals surface area contributed by atoms with Crippen LogP contribution in [0.3, 0.4) is 0 Å². The van der Waals surface area contributed by atoms with Crippen molar-refractivity contribution in [2.75, 3.05) is 0 Å². The highest BCUT2D eigenvalue weighted by molar-refractivity contribution is 6.64. The molecule has 3 nitrogen and oxygen atoms in total. The predicted octanol–water partition coefficient (Wildman–Crippen LogP) is 1.05. The van der Waals surface area contributed by atoms with E-state index in [-0.39, 0.29) is 5.41 Å². The molecule has 2 rings (SSSR count). The van der Waals surface area contributed by atoms with Crippen LogP contribution in [-0.2, 0) is 14.4 Å². The van der Waals surface area contributed by atoms with E-state index >= 15 is 0 Å². The van der Waals surface area contributed by atoms with Gasteiger partial charge in [0.15, 0.2) is 0 Å². The molecule has 0 aromatic carbocycles. The molecule has 1 spiro atoms. The Balaban J connectivity index is 2.22. The standard InChI is InChI=1S/C10H12O3/c11-7-5-10(3-1-2-4-10)6-8(12)9(7)13/h1-6H2. The molecule has 2 aliphatic carbocycles. The number of carbonyl (C=O) groups excluding carboxylic acids is 3. The van der Waals surface area contributed by atoms with Crippen LogP contribution in [0.2, 0.25) is 0 Å². The van der Waals surface area contributed by atoms with Gasteiger partial charge in [-0.2, -0.15) is 0 Å². The van der Waals surface area contributed by atoms with Gasteiger partial charge in [0.2, 0.25) is 11.6 Å². The molecular formula is C10H12O3. The fraction of sp³-hybridized carbons (Fsp3) is 0.700. The molecule has 2 fully saturated rings. The molecule has 0 heterocycles. The highest BCUT2D eigenvalue weighted by Crippen LogP contribution is 2.46. The van der Waals surface area contributed by atoms with E-state index in [0.717, 1.165) is 25.7 Å². The minimum atomic E-state index is -0.766. The van der Waals surface area contributed by atoms with Crippen LogP contribution in [0.1, 0.15) is 38.5 Å². The number of hydrogen-bond acceptors (Lipinski definition) is 3. The van der Waals surface area contributed by atoms with Crippen LogP contribution in [0, 0.1) is 5.41 Å². The molecule has 0 aromatic rings. The summed E-state index contributed by atoms with van der Waals surface area (Å²) in [5.74, 6) is -1.69. The van der Waals surface area contributed by atoms with Gasteiger partial charge in [-0.25, -0.2) is 0 Å². The summed E-state index contributed by atoms with van der Waals surface area (Å²) in [6, 6.07) is 0. The summed E-state index contributed by atoms with van der Waals surface area (Å²) in [4.78, 5) is 33.4. The van der Waals surface area contributed by atoms with E-state index in [0.29, 0.717) is 12.8 Å². The Kier molecular flexibility index (Phi) is 1.82. The number of hydrogen-bond donors (Lipinski definition) is 0. The molecule has 0 aliphatic heterocycles. The van der Waals surface area contributed by atoms with Crippen LogP contribution in [0.4, 0.5) is 0 Å². The lowest BCUT2D eigenvalue weighted by atomic mass is 9.71. The zero-order chi connectivity index (χ0) is 9.47. The largest absolute Gasteiger partial charge is 0.290 e. The van der Waals surface area contributed by atoms with Gasteiger partial charge in [0.1, 0.15) is 0 Å². The Morgan fingerprint density at radius 2 is 1.31 bits per heavy atom. The van der Waals surface area contributed by atoms with Crippen LogP contribution >= 0.6 is 0 Å². The van der Waals surface area contributed by atoms with E-state index < -0.39 is 17.3 Å². The molecular weight excluding hydrogens is 168 g/mol. The van der Waals surface area contributed by atoms with E-state index in [1.54, 1.807) is 0 Å². The van der Waals surface area contributed by atoms with Crippen LogP contribution in [0.15, 0.2) is 0 Å². The first kappa shape index (κ1) is 8.60. The summed E-state index contributed by atoms with van der Waals surface area (Å²) in [5.41, 5.74) is -0.123. The Bertz CT molecular complexity index is 263. The summed E-state index contributed by atoms with van der Waals surface area (Å²) in [6.07, 6.45) is 4.70. The van der Waals surface area contributed by atoms with E-state index in [2.05, 4.69) is 0 Å². The highest BCUT2D eigenvalue weighted by Gasteiger charge is 2.45. The van der Waals surface area contributed by atoms with Gasteiger partial charge in [0.05, 0.1) is 0 Å². The summed E-state index contributed by atoms with van der Waals surface area (Å²) < 4.78 is 0. The molecule has 13 heavy (non-hydrogen) atoms. The van der Waals surface area contributed by atoms with Crippen LogP contribution < -0.4 is 0 Å². The van der Waals surface area contributed by atoms with Crippen molar-refractivity contribution in [1.82, 2.24) is 0 Å². The molecule has 0 atom stereocenters. The topological polar surface area (TPSA) is 51.2 Å². The second kappa shape index (κ2) is 2.76. The maximum atomic E-state index is 11.2. The van der Waals surface area contributed by atoms with Gasteiger partial charge in [-0.3, -0.25) is 14.4 Å². The Morgan fingerprint density at radius 3 is 1.77 bits per heavy atom. The Labute approximate surface area is 76.5 Å². The van der Waals surface area contributed by atoms with Crippen LogP contribution in [0.25, 0.3) is 0 Å². The van der Waals surface area contributed by atoms with Crippen molar-refractivity contribution in [2.45, 2.75) is 38.5 Å². The van der Waals surface area contributed by atoms with E-state index in [9.17, 15) is 14.4 Å². The van der Waals surface area contributed by atoms with Gasteiger partial charge in [0.25, 0.3) is 5.78 Å². The molecule has 0 radical (unpaired) electrons. The highest BCUT2D eigenvalue weighted by atomic mass is 16.2. The molecule has 0 aromatic heterocycles. The zero-order valence-corrected chi connectivity index (χ0v) is 7.47. The Morgan fingerprint density at radius 1 is 0.846 bits per heavy atom. The van der Waals surface area contributed by atoms with Crippen molar-refractivity contribution in [3.05, 3.63) is 0 Å². The van der Waals surface area contributed by atoms with Crippen molar-refractivity contribution < 1.29 is 14.4 Å². The number of carbonyl (C=O) groups is 3.